The highest BCUT2D eigenvalue weighted by Crippen LogP contribution is 2.33. The summed E-state index contributed by atoms with van der Waals surface area (Å²) >= 11 is 24.9. The van der Waals surface area contributed by atoms with Crippen LogP contribution in [0.25, 0.3) is 0 Å². The third kappa shape index (κ3) is 4.44. The summed E-state index contributed by atoms with van der Waals surface area (Å²) in [5.41, 5.74) is 1.44. The third-order valence-corrected chi connectivity index (χ3v) is 6.61. The lowest BCUT2D eigenvalue weighted by Gasteiger charge is -2.44. The number of rotatable bonds is 3. The third-order valence-electron chi connectivity index (χ3n) is 5.72. The Hall–Kier alpha value is -1.24. The molecule has 0 saturated carbocycles. The van der Waals surface area contributed by atoms with E-state index < -0.39 is 9.96 Å². The van der Waals surface area contributed by atoms with E-state index in [1.165, 1.54) is 0 Å². The first-order chi connectivity index (χ1) is 13.7. The van der Waals surface area contributed by atoms with Crippen LogP contribution in [0.3, 0.4) is 0 Å². The summed E-state index contributed by atoms with van der Waals surface area (Å²) < 4.78 is 0.163. The minimum Gasteiger partial charge on any atom is -0.312 e. The fourth-order valence-corrected chi connectivity index (χ4v) is 5.36. The first kappa shape index (κ1) is 21.0. The molecule has 1 aromatic heterocycles. The second kappa shape index (κ2) is 8.12. The molecule has 1 fully saturated rings. The number of pyridine rings is 1. The average Bonchev–Trinajstić information content (AvgIpc) is 2.66. The average molecular weight is 476 g/mol. The zero-order valence-corrected chi connectivity index (χ0v) is 18.4. The van der Waals surface area contributed by atoms with Gasteiger partial charge in [0, 0.05) is 40.7 Å². The van der Waals surface area contributed by atoms with Gasteiger partial charge >= 0.3 is 0 Å². The van der Waals surface area contributed by atoms with Gasteiger partial charge in [-0.05, 0) is 30.7 Å². The number of amides is 1. The lowest BCUT2D eigenvalue weighted by Crippen LogP contribution is -3.21. The van der Waals surface area contributed by atoms with Crippen molar-refractivity contribution in [3.63, 3.8) is 0 Å². The summed E-state index contributed by atoms with van der Waals surface area (Å²) in [5.74, 6) is 0.0993. The number of carbonyl (C=O) groups excluding carboxylic acids is 1. The first-order valence-electron chi connectivity index (χ1n) is 9.40. The van der Waals surface area contributed by atoms with Crippen LogP contribution in [0.15, 0.2) is 47.3 Å². The number of nitrogens with zero attached hydrogens (tertiary/aromatic N) is 1. The van der Waals surface area contributed by atoms with Gasteiger partial charge in [-0.2, -0.15) is 0 Å². The fourth-order valence-electron chi connectivity index (χ4n) is 4.55. The Morgan fingerprint density at radius 1 is 1.17 bits per heavy atom. The minimum absolute atomic E-state index is 0.0211. The Morgan fingerprint density at radius 2 is 1.93 bits per heavy atom. The van der Waals surface area contributed by atoms with Gasteiger partial charge in [0.2, 0.25) is 6.17 Å². The van der Waals surface area contributed by atoms with Crippen LogP contribution in [0.5, 0.6) is 0 Å². The molecule has 0 spiro atoms. The number of quaternary nitrogens is 1. The molecule has 1 saturated heterocycles. The van der Waals surface area contributed by atoms with Gasteiger partial charge in [0.25, 0.3) is 15.3 Å². The Labute approximate surface area is 188 Å². The molecule has 5 nitrogen and oxygen atoms in total. The topological polar surface area (TPSA) is 55.5 Å². The summed E-state index contributed by atoms with van der Waals surface area (Å²) in [5, 5.41) is 3.36. The van der Waals surface area contributed by atoms with E-state index in [2.05, 4.69) is 5.32 Å². The van der Waals surface area contributed by atoms with Crippen LogP contribution in [-0.4, -0.2) is 33.5 Å². The molecule has 1 aromatic carbocycles. The minimum atomic E-state index is -1.69. The standard InChI is InChI=1S/C20H19Cl4N3O2/c21-15-4-1-3-13(8-15)18(29)25-19(20(22,23)24)26-9-12-7-14(11-26)16-5-2-6-17(28)27(16)10-12/h1-6,8,12,14,19H,7,9-11H2,(H,25,29)/p+1/t12-,14+,19+/m0/s1. The molecule has 2 bridgehead atoms. The molecule has 3 heterocycles. The normalized spacial score (nSPS) is 24.5. The number of piperidine rings is 1. The summed E-state index contributed by atoms with van der Waals surface area (Å²) in [4.78, 5) is 26.0. The Bertz CT molecular complexity index is 988. The van der Waals surface area contributed by atoms with Crippen molar-refractivity contribution in [3.05, 3.63) is 69.1 Å². The van der Waals surface area contributed by atoms with E-state index in [1.54, 1.807) is 36.4 Å². The van der Waals surface area contributed by atoms with Crippen molar-refractivity contribution in [3.8, 4) is 0 Å². The quantitative estimate of drug-likeness (QED) is 0.670. The van der Waals surface area contributed by atoms with E-state index in [0.717, 1.165) is 17.0 Å². The number of benzene rings is 1. The van der Waals surface area contributed by atoms with E-state index in [9.17, 15) is 9.59 Å². The molecular weight excluding hydrogens is 456 g/mol. The molecule has 1 unspecified atom stereocenters. The lowest BCUT2D eigenvalue weighted by atomic mass is 9.83. The zero-order chi connectivity index (χ0) is 20.8. The molecule has 9 heteroatoms. The monoisotopic (exact) mass is 474 g/mol. The van der Waals surface area contributed by atoms with Crippen LogP contribution in [0.1, 0.15) is 28.4 Å². The number of fused-ring (bicyclic) bond motifs is 4. The van der Waals surface area contributed by atoms with Crippen LogP contribution < -0.4 is 15.8 Å². The first-order valence-corrected chi connectivity index (χ1v) is 10.9. The SMILES string of the molecule is O=C(N[C@H]([NH+]1C[C@@H]2C[C@H](C1)c1cccc(=O)n1C2)C(Cl)(Cl)Cl)c1cccc(Cl)c1. The van der Waals surface area contributed by atoms with Crippen LogP contribution in [0, 0.1) is 5.92 Å². The van der Waals surface area contributed by atoms with E-state index in [1.807, 2.05) is 10.6 Å². The van der Waals surface area contributed by atoms with Crippen molar-refractivity contribution in [2.75, 3.05) is 13.1 Å². The number of halogens is 4. The van der Waals surface area contributed by atoms with Gasteiger partial charge in [-0.3, -0.25) is 14.9 Å². The summed E-state index contributed by atoms with van der Waals surface area (Å²) in [7, 11) is 0. The number of nitrogens with one attached hydrogen (secondary N) is 2. The Morgan fingerprint density at radius 3 is 2.66 bits per heavy atom. The van der Waals surface area contributed by atoms with Gasteiger partial charge in [0.15, 0.2) is 0 Å². The molecule has 29 heavy (non-hydrogen) atoms. The summed E-state index contributed by atoms with van der Waals surface area (Å²) in [6.07, 6.45) is 0.258. The van der Waals surface area contributed by atoms with Crippen molar-refractivity contribution < 1.29 is 9.69 Å². The van der Waals surface area contributed by atoms with Crippen LogP contribution in [0.4, 0.5) is 0 Å². The molecular formula is C20H20Cl4N3O2+. The maximum Gasteiger partial charge on any atom is 0.262 e. The number of likely N-dealkylation sites (tertiary alicyclic amines) is 1. The lowest BCUT2D eigenvalue weighted by molar-refractivity contribution is -0.937. The number of hydrogen-bond donors (Lipinski definition) is 2. The van der Waals surface area contributed by atoms with E-state index in [4.69, 9.17) is 46.4 Å². The van der Waals surface area contributed by atoms with Crippen molar-refractivity contribution >= 4 is 52.3 Å². The Kier molecular flexibility index (Phi) is 5.88. The molecule has 4 rings (SSSR count). The number of carbonyl (C=O) groups is 1. The smallest absolute Gasteiger partial charge is 0.262 e. The van der Waals surface area contributed by atoms with E-state index in [-0.39, 0.29) is 23.3 Å². The molecule has 2 aromatic rings. The molecule has 0 radical (unpaired) electrons. The van der Waals surface area contributed by atoms with Crippen LogP contribution in [0.2, 0.25) is 5.02 Å². The van der Waals surface area contributed by atoms with Gasteiger partial charge in [-0.25, -0.2) is 0 Å². The molecule has 4 atom stereocenters. The molecule has 2 aliphatic heterocycles. The fraction of sp³-hybridized carbons (Fsp3) is 0.400. The molecule has 0 aliphatic carbocycles. The molecule has 154 valence electrons. The highest BCUT2D eigenvalue weighted by molar-refractivity contribution is 6.68. The van der Waals surface area contributed by atoms with Crippen molar-refractivity contribution in [1.29, 1.82) is 0 Å². The zero-order valence-electron chi connectivity index (χ0n) is 15.4. The van der Waals surface area contributed by atoms with Crippen LogP contribution in [-0.2, 0) is 6.54 Å². The van der Waals surface area contributed by atoms with Crippen molar-refractivity contribution in [2.45, 2.75) is 28.8 Å². The predicted molar refractivity (Wildman–Crippen MR) is 115 cm³/mol. The van der Waals surface area contributed by atoms with E-state index >= 15 is 0 Å². The second-order valence-electron chi connectivity index (χ2n) is 7.72. The van der Waals surface area contributed by atoms with Crippen molar-refractivity contribution in [2.24, 2.45) is 5.92 Å². The van der Waals surface area contributed by atoms with Gasteiger partial charge < -0.3 is 9.47 Å². The van der Waals surface area contributed by atoms with Gasteiger partial charge in [-0.1, -0.05) is 58.5 Å². The van der Waals surface area contributed by atoms with Gasteiger partial charge in [-0.15, -0.1) is 0 Å². The highest BCUT2D eigenvalue weighted by Gasteiger charge is 2.47. The summed E-state index contributed by atoms with van der Waals surface area (Å²) in [6.45, 7) is 2.00. The summed E-state index contributed by atoms with van der Waals surface area (Å²) in [6, 6.07) is 12.0. The van der Waals surface area contributed by atoms with Gasteiger partial charge in [0.1, 0.15) is 0 Å². The predicted octanol–water partition coefficient (Wildman–Crippen LogP) is 2.63. The number of hydrogen-bond acceptors (Lipinski definition) is 2. The number of aromatic nitrogens is 1. The number of alkyl halides is 3. The van der Waals surface area contributed by atoms with Gasteiger partial charge in [0.05, 0.1) is 13.1 Å². The van der Waals surface area contributed by atoms with E-state index in [0.29, 0.717) is 30.2 Å². The highest BCUT2D eigenvalue weighted by atomic mass is 35.6. The Balaban J connectivity index is 1.59. The maximum atomic E-state index is 12.8. The molecule has 1 amide bonds. The molecule has 2 N–H and O–H groups in total. The van der Waals surface area contributed by atoms with Crippen molar-refractivity contribution in [1.82, 2.24) is 9.88 Å². The second-order valence-corrected chi connectivity index (χ2v) is 10.5. The van der Waals surface area contributed by atoms with Crippen LogP contribution >= 0.6 is 46.4 Å². The largest absolute Gasteiger partial charge is 0.312 e. The maximum absolute atomic E-state index is 12.8. The molecule has 2 aliphatic rings.